The van der Waals surface area contributed by atoms with Crippen LogP contribution >= 0.6 is 11.8 Å². The summed E-state index contributed by atoms with van der Waals surface area (Å²) in [5.41, 5.74) is 5.32. The number of hydrogen-bond donors (Lipinski definition) is 3. The molecule has 0 saturated heterocycles. The molecule has 1 heterocycles. The van der Waals surface area contributed by atoms with Crippen molar-refractivity contribution < 1.29 is 4.79 Å². The molecule has 0 aliphatic heterocycles. The molecule has 1 unspecified atom stereocenters. The van der Waals surface area contributed by atoms with Gasteiger partial charge in [-0.05, 0) is 6.92 Å². The van der Waals surface area contributed by atoms with Crippen LogP contribution in [-0.2, 0) is 4.79 Å². The van der Waals surface area contributed by atoms with E-state index in [2.05, 4.69) is 20.5 Å². The van der Waals surface area contributed by atoms with Crippen LogP contribution in [0.3, 0.4) is 0 Å². The van der Waals surface area contributed by atoms with Gasteiger partial charge in [0.1, 0.15) is 0 Å². The molecule has 0 aliphatic carbocycles. The van der Waals surface area contributed by atoms with Crippen molar-refractivity contribution in [1.82, 2.24) is 20.5 Å². The third kappa shape index (κ3) is 2.62. The minimum absolute atomic E-state index is 0.0617. The molecule has 0 saturated carbocycles. The van der Waals surface area contributed by atoms with Gasteiger partial charge in [0, 0.05) is 7.05 Å². The van der Waals surface area contributed by atoms with Gasteiger partial charge in [-0.25, -0.2) is 5.10 Å². The maximum atomic E-state index is 11.1. The zero-order valence-corrected chi connectivity index (χ0v) is 8.18. The van der Waals surface area contributed by atoms with Gasteiger partial charge in [0.05, 0.1) is 5.25 Å². The first-order chi connectivity index (χ1) is 6.13. The molecule has 0 aliphatic rings. The zero-order chi connectivity index (χ0) is 9.84. The second kappa shape index (κ2) is 4.13. The van der Waals surface area contributed by atoms with Crippen molar-refractivity contribution in [1.29, 1.82) is 0 Å². The van der Waals surface area contributed by atoms with Crippen LogP contribution < -0.4 is 11.1 Å². The van der Waals surface area contributed by atoms with E-state index < -0.39 is 0 Å². The van der Waals surface area contributed by atoms with Crippen molar-refractivity contribution >= 4 is 23.6 Å². The molecular formula is C6H11N5OS. The Hall–Kier alpha value is -1.24. The summed E-state index contributed by atoms with van der Waals surface area (Å²) in [7, 11) is 1.59. The van der Waals surface area contributed by atoms with Gasteiger partial charge in [-0.15, -0.1) is 5.10 Å². The largest absolute Gasteiger partial charge is 0.368 e. The molecule has 4 N–H and O–H groups in total. The van der Waals surface area contributed by atoms with E-state index in [0.29, 0.717) is 5.16 Å². The van der Waals surface area contributed by atoms with Gasteiger partial charge in [-0.2, -0.15) is 4.98 Å². The second-order valence-electron chi connectivity index (χ2n) is 2.38. The quantitative estimate of drug-likeness (QED) is 0.579. The van der Waals surface area contributed by atoms with Crippen molar-refractivity contribution in [3.63, 3.8) is 0 Å². The van der Waals surface area contributed by atoms with Crippen LogP contribution in [-0.4, -0.2) is 33.4 Å². The fourth-order valence-electron chi connectivity index (χ4n) is 0.726. The number of aromatic nitrogens is 3. The Morgan fingerprint density at radius 3 is 2.92 bits per heavy atom. The lowest BCUT2D eigenvalue weighted by atomic mass is 10.4. The van der Waals surface area contributed by atoms with Crippen molar-refractivity contribution in [2.75, 3.05) is 12.8 Å². The molecule has 6 nitrogen and oxygen atoms in total. The summed E-state index contributed by atoms with van der Waals surface area (Å²) in [4.78, 5) is 15.0. The number of nitrogens with one attached hydrogen (secondary N) is 2. The number of nitrogen functional groups attached to an aromatic ring is 1. The topological polar surface area (TPSA) is 96.7 Å². The van der Waals surface area contributed by atoms with Gasteiger partial charge in [0.2, 0.25) is 17.0 Å². The number of nitrogens with zero attached hydrogens (tertiary/aromatic N) is 2. The lowest BCUT2D eigenvalue weighted by Crippen LogP contribution is -2.27. The van der Waals surface area contributed by atoms with Crippen LogP contribution in [0.15, 0.2) is 5.16 Å². The molecule has 1 atom stereocenters. The van der Waals surface area contributed by atoms with E-state index in [1.165, 1.54) is 11.8 Å². The first-order valence-electron chi connectivity index (χ1n) is 3.69. The number of anilines is 1. The second-order valence-corrected chi connectivity index (χ2v) is 3.69. The summed E-state index contributed by atoms with van der Waals surface area (Å²) < 4.78 is 0. The highest BCUT2D eigenvalue weighted by molar-refractivity contribution is 8.00. The van der Waals surface area contributed by atoms with E-state index in [1.807, 2.05) is 0 Å². The number of carbonyl (C=O) groups is 1. The summed E-state index contributed by atoms with van der Waals surface area (Å²) in [6.07, 6.45) is 0. The van der Waals surface area contributed by atoms with Gasteiger partial charge in [0.15, 0.2) is 0 Å². The molecule has 0 radical (unpaired) electrons. The van der Waals surface area contributed by atoms with Gasteiger partial charge in [-0.1, -0.05) is 11.8 Å². The Morgan fingerprint density at radius 2 is 2.46 bits per heavy atom. The minimum Gasteiger partial charge on any atom is -0.368 e. The Bertz CT molecular complexity index is 299. The van der Waals surface area contributed by atoms with E-state index in [0.717, 1.165) is 0 Å². The van der Waals surface area contributed by atoms with Crippen LogP contribution in [0.25, 0.3) is 0 Å². The predicted octanol–water partition coefficient (Wildman–Crippen LogP) is -0.387. The lowest BCUT2D eigenvalue weighted by Gasteiger charge is -2.05. The third-order valence-electron chi connectivity index (χ3n) is 1.38. The predicted molar refractivity (Wildman–Crippen MR) is 50.2 cm³/mol. The van der Waals surface area contributed by atoms with Crippen molar-refractivity contribution in [3.8, 4) is 0 Å². The zero-order valence-electron chi connectivity index (χ0n) is 7.37. The maximum Gasteiger partial charge on any atom is 0.233 e. The number of rotatable bonds is 3. The van der Waals surface area contributed by atoms with Crippen LogP contribution in [0.1, 0.15) is 6.92 Å². The Morgan fingerprint density at radius 1 is 1.77 bits per heavy atom. The lowest BCUT2D eigenvalue weighted by molar-refractivity contribution is -0.119. The molecule has 0 aromatic carbocycles. The number of thioether (sulfide) groups is 1. The average Bonchev–Trinajstić information content (AvgIpc) is 2.49. The van der Waals surface area contributed by atoms with Crippen LogP contribution in [0.5, 0.6) is 0 Å². The molecule has 1 aromatic heterocycles. The highest BCUT2D eigenvalue weighted by Crippen LogP contribution is 2.18. The average molecular weight is 201 g/mol. The number of nitrogens with two attached hydrogens (primary N) is 1. The fourth-order valence-corrected chi connectivity index (χ4v) is 1.52. The number of carbonyl (C=O) groups excluding carboxylic acids is 1. The summed E-state index contributed by atoms with van der Waals surface area (Å²) in [5, 5.41) is 9.08. The first kappa shape index (κ1) is 9.85. The normalized spacial score (nSPS) is 12.5. The van der Waals surface area contributed by atoms with E-state index in [9.17, 15) is 4.79 Å². The molecule has 13 heavy (non-hydrogen) atoms. The number of aromatic amines is 1. The van der Waals surface area contributed by atoms with Gasteiger partial charge in [-0.3, -0.25) is 4.79 Å². The van der Waals surface area contributed by atoms with Crippen molar-refractivity contribution in [3.05, 3.63) is 0 Å². The third-order valence-corrected chi connectivity index (χ3v) is 2.34. The van der Waals surface area contributed by atoms with Crippen LogP contribution in [0.4, 0.5) is 5.95 Å². The number of H-pyrrole nitrogens is 1. The number of amides is 1. The molecule has 72 valence electrons. The fraction of sp³-hybridized carbons (Fsp3) is 0.500. The summed E-state index contributed by atoms with van der Waals surface area (Å²) in [6, 6.07) is 0. The van der Waals surface area contributed by atoms with E-state index in [4.69, 9.17) is 5.73 Å². The smallest absolute Gasteiger partial charge is 0.233 e. The van der Waals surface area contributed by atoms with Gasteiger partial charge < -0.3 is 11.1 Å². The molecular weight excluding hydrogens is 190 g/mol. The van der Waals surface area contributed by atoms with E-state index in [-0.39, 0.29) is 17.1 Å². The minimum atomic E-state index is -0.222. The standard InChI is InChI=1S/C6H11N5OS/c1-3(4(12)8-2)13-6-9-5(7)10-11-6/h3H,1-2H3,(H,8,12)(H3,7,9,10,11). The Balaban J connectivity index is 2.54. The SMILES string of the molecule is CNC(=O)C(C)Sc1n[nH]c(N)n1. The molecule has 1 aromatic rings. The summed E-state index contributed by atoms with van der Waals surface area (Å²) in [5.74, 6) is 0.194. The Labute approximate surface area is 79.7 Å². The van der Waals surface area contributed by atoms with Gasteiger partial charge in [0.25, 0.3) is 0 Å². The molecule has 1 rings (SSSR count). The highest BCUT2D eigenvalue weighted by atomic mass is 32.2. The van der Waals surface area contributed by atoms with Crippen LogP contribution in [0, 0.1) is 0 Å². The summed E-state index contributed by atoms with van der Waals surface area (Å²) >= 11 is 1.25. The molecule has 0 spiro atoms. The molecule has 1 amide bonds. The van der Waals surface area contributed by atoms with E-state index >= 15 is 0 Å². The highest BCUT2D eigenvalue weighted by Gasteiger charge is 2.14. The van der Waals surface area contributed by atoms with Crippen LogP contribution in [0.2, 0.25) is 0 Å². The van der Waals surface area contributed by atoms with Crippen molar-refractivity contribution in [2.24, 2.45) is 0 Å². The first-order valence-corrected chi connectivity index (χ1v) is 4.57. The van der Waals surface area contributed by atoms with Gasteiger partial charge >= 0.3 is 0 Å². The molecule has 0 fully saturated rings. The summed E-state index contributed by atoms with van der Waals surface area (Å²) in [6.45, 7) is 1.77. The monoisotopic (exact) mass is 201 g/mol. The Kier molecular flexibility index (Phi) is 3.13. The van der Waals surface area contributed by atoms with Crippen molar-refractivity contribution in [2.45, 2.75) is 17.3 Å². The molecule has 7 heteroatoms. The maximum absolute atomic E-state index is 11.1. The number of hydrogen-bond acceptors (Lipinski definition) is 5. The molecule has 0 bridgehead atoms. The van der Waals surface area contributed by atoms with E-state index in [1.54, 1.807) is 14.0 Å².